The molecule has 108 valence electrons. The molecule has 0 spiro atoms. The first kappa shape index (κ1) is 16.4. The molecule has 0 radical (unpaired) electrons. The lowest BCUT2D eigenvalue weighted by Crippen LogP contribution is -2.40. The van der Waals surface area contributed by atoms with Gasteiger partial charge < -0.3 is 5.11 Å². The zero-order chi connectivity index (χ0) is 14.5. The summed E-state index contributed by atoms with van der Waals surface area (Å²) >= 11 is 5.68. The van der Waals surface area contributed by atoms with Gasteiger partial charge in [0.05, 0.1) is 10.5 Å². The Labute approximate surface area is 119 Å². The number of benzene rings is 1. The molecule has 0 saturated heterocycles. The van der Waals surface area contributed by atoms with Crippen molar-refractivity contribution in [1.29, 1.82) is 0 Å². The summed E-state index contributed by atoms with van der Waals surface area (Å²) in [6, 6.07) is 6.45. The fraction of sp³-hybridized carbons (Fsp3) is 0.538. The van der Waals surface area contributed by atoms with Crippen molar-refractivity contribution in [3.05, 3.63) is 29.8 Å². The van der Waals surface area contributed by atoms with Gasteiger partial charge in [-0.05, 0) is 31.0 Å². The summed E-state index contributed by atoms with van der Waals surface area (Å²) in [5.74, 6) is 0.261. The summed E-state index contributed by atoms with van der Waals surface area (Å²) in [4.78, 5) is 0.165. The van der Waals surface area contributed by atoms with Crippen molar-refractivity contribution in [2.45, 2.75) is 43.1 Å². The van der Waals surface area contributed by atoms with Crippen LogP contribution in [0, 0.1) is 0 Å². The summed E-state index contributed by atoms with van der Waals surface area (Å²) in [5, 5.41) is 9.98. The van der Waals surface area contributed by atoms with Crippen LogP contribution in [0.1, 0.15) is 32.3 Å². The van der Waals surface area contributed by atoms with Crippen LogP contribution in [0.3, 0.4) is 0 Å². The van der Waals surface area contributed by atoms with Crippen LogP contribution in [0.4, 0.5) is 0 Å². The lowest BCUT2D eigenvalue weighted by atomic mass is 10.0. The first-order valence-electron chi connectivity index (χ1n) is 6.18. The topological polar surface area (TPSA) is 66.4 Å². The first-order valence-corrected chi connectivity index (χ1v) is 8.19. The summed E-state index contributed by atoms with van der Waals surface area (Å²) < 4.78 is 26.6. The van der Waals surface area contributed by atoms with Crippen molar-refractivity contribution in [3.8, 4) is 0 Å². The molecule has 0 saturated carbocycles. The third kappa shape index (κ3) is 5.10. The highest BCUT2D eigenvalue weighted by molar-refractivity contribution is 7.89. The van der Waals surface area contributed by atoms with E-state index < -0.39 is 15.6 Å². The molecule has 0 aliphatic carbocycles. The van der Waals surface area contributed by atoms with Gasteiger partial charge in [-0.25, -0.2) is 13.1 Å². The second-order valence-corrected chi connectivity index (χ2v) is 6.89. The highest BCUT2D eigenvalue weighted by atomic mass is 35.5. The van der Waals surface area contributed by atoms with E-state index in [1.165, 1.54) is 12.1 Å². The molecule has 0 aliphatic rings. The van der Waals surface area contributed by atoms with Crippen LogP contribution in [0.15, 0.2) is 29.2 Å². The second kappa shape index (κ2) is 6.70. The van der Waals surface area contributed by atoms with E-state index in [1.54, 1.807) is 19.1 Å². The predicted octanol–water partition coefficient (Wildman–Crippen LogP) is 2.25. The number of hydrogen-bond donors (Lipinski definition) is 2. The van der Waals surface area contributed by atoms with E-state index in [0.29, 0.717) is 6.42 Å². The molecule has 19 heavy (non-hydrogen) atoms. The minimum absolute atomic E-state index is 0.00568. The van der Waals surface area contributed by atoms with Crippen LogP contribution in [0.5, 0.6) is 0 Å². The Morgan fingerprint density at radius 1 is 1.42 bits per heavy atom. The van der Waals surface area contributed by atoms with E-state index in [0.717, 1.165) is 12.0 Å². The van der Waals surface area contributed by atoms with Gasteiger partial charge in [-0.3, -0.25) is 0 Å². The molecule has 0 fully saturated rings. The smallest absolute Gasteiger partial charge is 0.240 e. The molecular weight excluding hydrogens is 286 g/mol. The SMILES string of the molecule is CCCC(C)(O)CNS(=O)(=O)c1cccc(CCl)c1. The van der Waals surface area contributed by atoms with Gasteiger partial charge in [0.2, 0.25) is 10.0 Å². The van der Waals surface area contributed by atoms with Crippen LogP contribution in [0.2, 0.25) is 0 Å². The molecule has 0 heterocycles. The van der Waals surface area contributed by atoms with Gasteiger partial charge in [0, 0.05) is 12.4 Å². The highest BCUT2D eigenvalue weighted by Crippen LogP contribution is 2.15. The molecule has 0 aliphatic heterocycles. The van der Waals surface area contributed by atoms with Gasteiger partial charge >= 0.3 is 0 Å². The monoisotopic (exact) mass is 305 g/mol. The van der Waals surface area contributed by atoms with E-state index in [9.17, 15) is 13.5 Å². The molecule has 1 rings (SSSR count). The molecule has 2 N–H and O–H groups in total. The third-order valence-corrected chi connectivity index (χ3v) is 4.50. The van der Waals surface area contributed by atoms with Gasteiger partial charge in [-0.15, -0.1) is 11.6 Å². The molecule has 6 heteroatoms. The predicted molar refractivity (Wildman–Crippen MR) is 76.7 cm³/mol. The Morgan fingerprint density at radius 2 is 2.11 bits per heavy atom. The number of rotatable bonds is 7. The zero-order valence-electron chi connectivity index (χ0n) is 11.2. The Bertz CT molecular complexity index is 514. The first-order chi connectivity index (χ1) is 8.80. The summed E-state index contributed by atoms with van der Waals surface area (Å²) in [7, 11) is -3.61. The summed E-state index contributed by atoms with van der Waals surface area (Å²) in [5.41, 5.74) is -0.295. The molecule has 0 aromatic heterocycles. The van der Waals surface area contributed by atoms with Gasteiger partial charge in [0.15, 0.2) is 0 Å². The van der Waals surface area contributed by atoms with Crippen molar-refractivity contribution in [3.63, 3.8) is 0 Å². The molecule has 0 bridgehead atoms. The fourth-order valence-corrected chi connectivity index (χ4v) is 3.15. The Kier molecular flexibility index (Phi) is 5.80. The van der Waals surface area contributed by atoms with Crippen LogP contribution in [-0.2, 0) is 15.9 Å². The zero-order valence-corrected chi connectivity index (χ0v) is 12.8. The van der Waals surface area contributed by atoms with Crippen LogP contribution >= 0.6 is 11.6 Å². The van der Waals surface area contributed by atoms with Crippen molar-refractivity contribution in [1.82, 2.24) is 4.72 Å². The van der Waals surface area contributed by atoms with Crippen molar-refractivity contribution in [2.24, 2.45) is 0 Å². The summed E-state index contributed by atoms with van der Waals surface area (Å²) in [6.07, 6.45) is 1.33. The maximum Gasteiger partial charge on any atom is 0.240 e. The minimum Gasteiger partial charge on any atom is -0.389 e. The van der Waals surface area contributed by atoms with E-state index in [4.69, 9.17) is 11.6 Å². The van der Waals surface area contributed by atoms with Crippen LogP contribution < -0.4 is 4.72 Å². The quantitative estimate of drug-likeness (QED) is 0.759. The van der Waals surface area contributed by atoms with Crippen LogP contribution in [0.25, 0.3) is 0 Å². The maximum atomic E-state index is 12.1. The fourth-order valence-electron chi connectivity index (χ4n) is 1.76. The molecule has 1 aromatic rings. The number of aliphatic hydroxyl groups is 1. The summed E-state index contributed by atoms with van der Waals surface area (Å²) in [6.45, 7) is 3.55. The average molecular weight is 306 g/mol. The molecule has 4 nitrogen and oxygen atoms in total. The lowest BCUT2D eigenvalue weighted by molar-refractivity contribution is 0.0554. The highest BCUT2D eigenvalue weighted by Gasteiger charge is 2.23. The third-order valence-electron chi connectivity index (χ3n) is 2.79. The molecule has 0 amide bonds. The van der Waals surface area contributed by atoms with Gasteiger partial charge in [0.1, 0.15) is 0 Å². The van der Waals surface area contributed by atoms with E-state index in [1.807, 2.05) is 6.92 Å². The Balaban J connectivity index is 2.81. The van der Waals surface area contributed by atoms with E-state index in [2.05, 4.69) is 4.72 Å². The minimum atomic E-state index is -3.61. The second-order valence-electron chi connectivity index (χ2n) is 4.85. The molecule has 1 atom stereocenters. The van der Waals surface area contributed by atoms with Crippen molar-refractivity contribution < 1.29 is 13.5 Å². The van der Waals surface area contributed by atoms with E-state index in [-0.39, 0.29) is 17.3 Å². The van der Waals surface area contributed by atoms with Crippen molar-refractivity contribution >= 4 is 21.6 Å². The number of hydrogen-bond acceptors (Lipinski definition) is 3. The largest absolute Gasteiger partial charge is 0.389 e. The maximum absolute atomic E-state index is 12.1. The number of nitrogens with one attached hydrogen (secondary N) is 1. The number of halogens is 1. The Hall–Kier alpha value is -0.620. The number of alkyl halides is 1. The van der Waals surface area contributed by atoms with Gasteiger partial charge in [-0.1, -0.05) is 25.5 Å². The molecule has 1 unspecified atom stereocenters. The van der Waals surface area contributed by atoms with E-state index >= 15 is 0 Å². The van der Waals surface area contributed by atoms with Crippen molar-refractivity contribution in [2.75, 3.05) is 6.54 Å². The lowest BCUT2D eigenvalue weighted by Gasteiger charge is -2.22. The number of sulfonamides is 1. The van der Waals surface area contributed by atoms with Gasteiger partial charge in [0.25, 0.3) is 0 Å². The molecule has 1 aromatic carbocycles. The Morgan fingerprint density at radius 3 is 2.68 bits per heavy atom. The average Bonchev–Trinajstić information content (AvgIpc) is 2.37. The standard InChI is InChI=1S/C13H20ClNO3S/c1-3-7-13(2,16)10-15-19(17,18)12-6-4-5-11(8-12)9-14/h4-6,8,15-16H,3,7,9-10H2,1-2H3. The molecular formula is C13H20ClNO3S. The van der Waals surface area contributed by atoms with Gasteiger partial charge in [-0.2, -0.15) is 0 Å². The normalized spacial score (nSPS) is 15.2. The van der Waals surface area contributed by atoms with Crippen LogP contribution in [-0.4, -0.2) is 25.7 Å².